The van der Waals surface area contributed by atoms with Gasteiger partial charge in [0.25, 0.3) is 0 Å². The maximum Gasteiger partial charge on any atom is 0.123 e. The van der Waals surface area contributed by atoms with Crippen molar-refractivity contribution in [3.8, 4) is 16.9 Å². The first-order valence-electron chi connectivity index (χ1n) is 5.32. The lowest BCUT2D eigenvalue weighted by atomic mass is 10.1. The maximum absolute atomic E-state index is 9.74. The number of para-hydroxylation sites is 1. The number of benzene rings is 1. The van der Waals surface area contributed by atoms with Gasteiger partial charge >= 0.3 is 0 Å². The highest BCUT2D eigenvalue weighted by Gasteiger charge is 2.15. The number of phenolic OH excluding ortho intramolecular Hbond substituents is 1. The molecule has 0 spiro atoms. The lowest BCUT2D eigenvalue weighted by molar-refractivity contribution is 0.355. The van der Waals surface area contributed by atoms with Gasteiger partial charge < -0.3 is 5.11 Å². The maximum atomic E-state index is 9.74. The zero-order valence-electron chi connectivity index (χ0n) is 9.81. The SMILES string of the molecule is CC(C)(C)n1cc(-c2ccccc2O)cn1. The van der Waals surface area contributed by atoms with E-state index in [1.807, 2.05) is 29.1 Å². The molecule has 0 aliphatic heterocycles. The number of aromatic nitrogens is 2. The van der Waals surface area contributed by atoms with Crippen LogP contribution in [0.25, 0.3) is 11.1 Å². The van der Waals surface area contributed by atoms with Crippen molar-refractivity contribution in [2.24, 2.45) is 0 Å². The van der Waals surface area contributed by atoms with Crippen molar-refractivity contribution in [1.82, 2.24) is 9.78 Å². The molecule has 2 aromatic rings. The minimum atomic E-state index is -0.0390. The molecule has 0 atom stereocenters. The van der Waals surface area contributed by atoms with Crippen LogP contribution in [0.2, 0.25) is 0 Å². The van der Waals surface area contributed by atoms with Crippen molar-refractivity contribution in [3.05, 3.63) is 36.7 Å². The lowest BCUT2D eigenvalue weighted by Crippen LogP contribution is -2.21. The minimum absolute atomic E-state index is 0.0390. The third-order valence-electron chi connectivity index (χ3n) is 2.48. The first-order chi connectivity index (χ1) is 7.48. The molecule has 3 nitrogen and oxygen atoms in total. The Bertz CT molecular complexity index is 495. The third kappa shape index (κ3) is 1.94. The van der Waals surface area contributed by atoms with Crippen LogP contribution in [0.5, 0.6) is 5.75 Å². The largest absolute Gasteiger partial charge is 0.507 e. The van der Waals surface area contributed by atoms with Gasteiger partial charge in [0, 0.05) is 17.3 Å². The fourth-order valence-electron chi connectivity index (χ4n) is 1.55. The van der Waals surface area contributed by atoms with Crippen molar-refractivity contribution >= 4 is 0 Å². The molecular formula is C13H16N2O. The molecule has 0 radical (unpaired) electrons. The highest BCUT2D eigenvalue weighted by Crippen LogP contribution is 2.29. The molecule has 3 heteroatoms. The molecule has 1 aromatic carbocycles. The van der Waals surface area contributed by atoms with Crippen LogP contribution in [-0.4, -0.2) is 14.9 Å². The number of hydrogen-bond acceptors (Lipinski definition) is 2. The molecular weight excluding hydrogens is 200 g/mol. The molecule has 16 heavy (non-hydrogen) atoms. The van der Waals surface area contributed by atoms with E-state index < -0.39 is 0 Å². The normalized spacial score (nSPS) is 11.7. The summed E-state index contributed by atoms with van der Waals surface area (Å²) in [5.74, 6) is 0.288. The van der Waals surface area contributed by atoms with E-state index in [2.05, 4.69) is 25.9 Å². The van der Waals surface area contributed by atoms with Crippen LogP contribution in [0, 0.1) is 0 Å². The van der Waals surface area contributed by atoms with Crippen molar-refractivity contribution in [2.45, 2.75) is 26.3 Å². The summed E-state index contributed by atoms with van der Waals surface area (Å²) >= 11 is 0. The molecule has 1 N–H and O–H groups in total. The molecule has 0 saturated carbocycles. The van der Waals surface area contributed by atoms with E-state index in [9.17, 15) is 5.11 Å². The van der Waals surface area contributed by atoms with Gasteiger partial charge in [-0.05, 0) is 26.8 Å². The number of phenols is 1. The summed E-state index contributed by atoms with van der Waals surface area (Å²) < 4.78 is 1.90. The van der Waals surface area contributed by atoms with Gasteiger partial charge in [0.05, 0.1) is 11.7 Å². The summed E-state index contributed by atoms with van der Waals surface area (Å²) in [6.45, 7) is 6.28. The van der Waals surface area contributed by atoms with E-state index in [4.69, 9.17) is 0 Å². The molecule has 0 saturated heterocycles. The predicted molar refractivity (Wildman–Crippen MR) is 64.3 cm³/mol. The van der Waals surface area contributed by atoms with E-state index in [0.29, 0.717) is 0 Å². The number of aromatic hydroxyl groups is 1. The molecule has 0 aliphatic rings. The number of nitrogens with zero attached hydrogens (tertiary/aromatic N) is 2. The third-order valence-corrected chi connectivity index (χ3v) is 2.48. The first kappa shape index (κ1) is 10.7. The topological polar surface area (TPSA) is 38.0 Å². The quantitative estimate of drug-likeness (QED) is 0.795. The Kier molecular flexibility index (Phi) is 2.46. The first-order valence-corrected chi connectivity index (χ1v) is 5.32. The Labute approximate surface area is 95.3 Å². The summed E-state index contributed by atoms with van der Waals surface area (Å²) in [6, 6.07) is 7.29. The fraction of sp³-hybridized carbons (Fsp3) is 0.308. The zero-order valence-corrected chi connectivity index (χ0v) is 9.81. The second-order valence-electron chi connectivity index (χ2n) is 4.86. The average molecular weight is 216 g/mol. The van der Waals surface area contributed by atoms with Crippen LogP contribution in [-0.2, 0) is 5.54 Å². The van der Waals surface area contributed by atoms with Crippen molar-refractivity contribution < 1.29 is 5.11 Å². The van der Waals surface area contributed by atoms with Gasteiger partial charge in [-0.3, -0.25) is 4.68 Å². The van der Waals surface area contributed by atoms with Crippen molar-refractivity contribution in [3.63, 3.8) is 0 Å². The summed E-state index contributed by atoms with van der Waals surface area (Å²) in [4.78, 5) is 0. The highest BCUT2D eigenvalue weighted by atomic mass is 16.3. The second kappa shape index (κ2) is 3.67. The molecule has 0 fully saturated rings. The summed E-state index contributed by atoms with van der Waals surface area (Å²) in [5.41, 5.74) is 1.72. The van der Waals surface area contributed by atoms with Gasteiger partial charge in [0.1, 0.15) is 5.75 Å². The van der Waals surface area contributed by atoms with Crippen LogP contribution >= 0.6 is 0 Å². The molecule has 1 heterocycles. The van der Waals surface area contributed by atoms with Gasteiger partial charge in [-0.25, -0.2) is 0 Å². The standard InChI is InChI=1S/C13H16N2O/c1-13(2,3)15-9-10(8-14-15)11-6-4-5-7-12(11)16/h4-9,16H,1-3H3. The van der Waals surface area contributed by atoms with Gasteiger partial charge in [-0.15, -0.1) is 0 Å². The van der Waals surface area contributed by atoms with Crippen molar-refractivity contribution in [2.75, 3.05) is 0 Å². The molecule has 0 amide bonds. The molecule has 1 aromatic heterocycles. The van der Waals surface area contributed by atoms with Gasteiger partial charge in [0.2, 0.25) is 0 Å². The summed E-state index contributed by atoms with van der Waals surface area (Å²) in [7, 11) is 0. The fourth-order valence-corrected chi connectivity index (χ4v) is 1.55. The van der Waals surface area contributed by atoms with Crippen LogP contribution in [0.1, 0.15) is 20.8 Å². The van der Waals surface area contributed by atoms with E-state index in [0.717, 1.165) is 11.1 Å². The Balaban J connectivity index is 2.44. The molecule has 0 aliphatic carbocycles. The Hall–Kier alpha value is -1.77. The number of rotatable bonds is 1. The van der Waals surface area contributed by atoms with Gasteiger partial charge in [-0.2, -0.15) is 5.10 Å². The van der Waals surface area contributed by atoms with E-state index >= 15 is 0 Å². The summed E-state index contributed by atoms with van der Waals surface area (Å²) in [6.07, 6.45) is 3.73. The average Bonchev–Trinajstić information content (AvgIpc) is 2.66. The second-order valence-corrected chi connectivity index (χ2v) is 4.86. The van der Waals surface area contributed by atoms with Gasteiger partial charge in [0.15, 0.2) is 0 Å². The van der Waals surface area contributed by atoms with Crippen LogP contribution < -0.4 is 0 Å². The van der Waals surface area contributed by atoms with Crippen LogP contribution in [0.4, 0.5) is 0 Å². The predicted octanol–water partition coefficient (Wildman–Crippen LogP) is 3.01. The van der Waals surface area contributed by atoms with E-state index in [1.54, 1.807) is 12.3 Å². The van der Waals surface area contributed by atoms with Crippen LogP contribution in [0.15, 0.2) is 36.7 Å². The van der Waals surface area contributed by atoms with Crippen molar-refractivity contribution in [1.29, 1.82) is 0 Å². The molecule has 0 bridgehead atoms. The highest BCUT2D eigenvalue weighted by molar-refractivity contribution is 5.68. The van der Waals surface area contributed by atoms with Crippen LogP contribution in [0.3, 0.4) is 0 Å². The minimum Gasteiger partial charge on any atom is -0.507 e. The Morgan fingerprint density at radius 2 is 1.88 bits per heavy atom. The molecule has 84 valence electrons. The van der Waals surface area contributed by atoms with E-state index in [1.165, 1.54) is 0 Å². The Morgan fingerprint density at radius 1 is 1.19 bits per heavy atom. The number of hydrogen-bond donors (Lipinski definition) is 1. The van der Waals surface area contributed by atoms with Gasteiger partial charge in [-0.1, -0.05) is 18.2 Å². The smallest absolute Gasteiger partial charge is 0.123 e. The van der Waals surface area contributed by atoms with E-state index in [-0.39, 0.29) is 11.3 Å². The monoisotopic (exact) mass is 216 g/mol. The summed E-state index contributed by atoms with van der Waals surface area (Å²) in [5, 5.41) is 14.0. The zero-order chi connectivity index (χ0) is 11.8. The Morgan fingerprint density at radius 3 is 2.44 bits per heavy atom. The lowest BCUT2D eigenvalue weighted by Gasteiger charge is -2.18. The molecule has 0 unspecified atom stereocenters. The molecule has 2 rings (SSSR count).